The molecule has 1 N–H and O–H groups in total. The first kappa shape index (κ1) is 17.0. The first-order valence-electron chi connectivity index (χ1n) is 8.70. The monoisotopic (exact) mass is 351 g/mol. The molecule has 0 amide bonds. The van der Waals surface area contributed by atoms with E-state index in [0.29, 0.717) is 0 Å². The summed E-state index contributed by atoms with van der Waals surface area (Å²) < 4.78 is 1.21. The molecule has 3 unspecified atom stereocenters. The predicted octanol–water partition coefficient (Wildman–Crippen LogP) is 5.58. The van der Waals surface area contributed by atoms with E-state index < -0.39 is 0 Å². The lowest BCUT2D eigenvalue weighted by Crippen LogP contribution is -2.42. The Morgan fingerprint density at radius 2 is 2.05 bits per heavy atom. The third-order valence-electron chi connectivity index (χ3n) is 4.83. The van der Waals surface area contributed by atoms with Crippen LogP contribution in [0.15, 0.2) is 28.7 Å². The third-order valence-corrected chi connectivity index (χ3v) is 5.32. The highest BCUT2D eigenvalue weighted by Gasteiger charge is 2.29. The fourth-order valence-electron chi connectivity index (χ4n) is 3.82. The molecule has 1 aliphatic carbocycles. The van der Waals surface area contributed by atoms with Gasteiger partial charge >= 0.3 is 0 Å². The van der Waals surface area contributed by atoms with Gasteiger partial charge in [0.2, 0.25) is 0 Å². The van der Waals surface area contributed by atoms with Gasteiger partial charge in [-0.05, 0) is 68.2 Å². The number of rotatable bonds is 7. The average Bonchev–Trinajstić information content (AvgIpc) is 2.47. The van der Waals surface area contributed by atoms with Crippen molar-refractivity contribution in [2.45, 2.75) is 64.8 Å². The van der Waals surface area contributed by atoms with Gasteiger partial charge in [0, 0.05) is 10.5 Å². The maximum absolute atomic E-state index is 3.81. The van der Waals surface area contributed by atoms with E-state index in [1.807, 2.05) is 0 Å². The Labute approximate surface area is 139 Å². The van der Waals surface area contributed by atoms with Crippen molar-refractivity contribution in [1.82, 2.24) is 5.32 Å². The van der Waals surface area contributed by atoms with Crippen LogP contribution in [0.5, 0.6) is 0 Å². The molecular formula is C19H30BrN. The second-order valence-electron chi connectivity index (χ2n) is 6.62. The van der Waals surface area contributed by atoms with Crippen LogP contribution in [0, 0.1) is 11.8 Å². The van der Waals surface area contributed by atoms with Gasteiger partial charge in [-0.3, -0.25) is 0 Å². The van der Waals surface area contributed by atoms with Crippen LogP contribution in [-0.4, -0.2) is 12.6 Å². The SMILES string of the molecule is CCCNC1CCC(CCC)CC1Cc1cccc(Br)c1. The summed E-state index contributed by atoms with van der Waals surface area (Å²) in [7, 11) is 0. The third kappa shape index (κ3) is 5.41. The fourth-order valence-corrected chi connectivity index (χ4v) is 4.27. The molecule has 21 heavy (non-hydrogen) atoms. The van der Waals surface area contributed by atoms with E-state index in [0.717, 1.165) is 24.4 Å². The van der Waals surface area contributed by atoms with Crippen LogP contribution in [0.3, 0.4) is 0 Å². The van der Waals surface area contributed by atoms with Crippen LogP contribution in [0.2, 0.25) is 0 Å². The molecule has 0 aromatic heterocycles. The van der Waals surface area contributed by atoms with Gasteiger partial charge in [0.25, 0.3) is 0 Å². The van der Waals surface area contributed by atoms with Crippen molar-refractivity contribution >= 4 is 15.9 Å². The van der Waals surface area contributed by atoms with Gasteiger partial charge in [0.05, 0.1) is 0 Å². The second-order valence-corrected chi connectivity index (χ2v) is 7.54. The standard InChI is InChI=1S/C19H30BrN/c1-3-6-15-9-10-19(21-11-4-2)17(12-15)13-16-7-5-8-18(20)14-16/h5,7-8,14-15,17,19,21H,3-4,6,9-13H2,1-2H3. The van der Waals surface area contributed by atoms with Crippen molar-refractivity contribution in [2.24, 2.45) is 11.8 Å². The molecule has 1 saturated carbocycles. The maximum Gasteiger partial charge on any atom is 0.0177 e. The average molecular weight is 352 g/mol. The van der Waals surface area contributed by atoms with Crippen LogP contribution in [-0.2, 0) is 6.42 Å². The van der Waals surface area contributed by atoms with E-state index in [1.165, 1.54) is 55.0 Å². The highest BCUT2D eigenvalue weighted by atomic mass is 79.9. The van der Waals surface area contributed by atoms with Crippen LogP contribution in [0.25, 0.3) is 0 Å². The number of nitrogens with one attached hydrogen (secondary N) is 1. The van der Waals surface area contributed by atoms with Crippen LogP contribution in [0.4, 0.5) is 0 Å². The number of hydrogen-bond acceptors (Lipinski definition) is 1. The molecule has 0 aliphatic heterocycles. The summed E-state index contributed by atoms with van der Waals surface area (Å²) in [6.07, 6.45) is 9.39. The Balaban J connectivity index is 2.01. The van der Waals surface area contributed by atoms with Crippen molar-refractivity contribution in [3.8, 4) is 0 Å². The zero-order valence-corrected chi connectivity index (χ0v) is 15.2. The minimum absolute atomic E-state index is 0.719. The lowest BCUT2D eigenvalue weighted by atomic mass is 9.74. The van der Waals surface area contributed by atoms with E-state index in [2.05, 4.69) is 59.4 Å². The molecular weight excluding hydrogens is 322 g/mol. The summed E-state index contributed by atoms with van der Waals surface area (Å²) in [5.41, 5.74) is 1.48. The molecule has 1 aromatic carbocycles. The Bertz CT molecular complexity index is 418. The second kappa shape index (κ2) is 8.95. The van der Waals surface area contributed by atoms with Gasteiger partial charge in [-0.25, -0.2) is 0 Å². The minimum Gasteiger partial charge on any atom is -0.314 e. The van der Waals surface area contributed by atoms with Gasteiger partial charge in [0.15, 0.2) is 0 Å². The van der Waals surface area contributed by atoms with E-state index in [-0.39, 0.29) is 0 Å². The smallest absolute Gasteiger partial charge is 0.0177 e. The molecule has 3 atom stereocenters. The molecule has 2 heteroatoms. The predicted molar refractivity (Wildman–Crippen MR) is 95.7 cm³/mol. The molecule has 0 heterocycles. The number of halogens is 1. The van der Waals surface area contributed by atoms with Crippen molar-refractivity contribution in [3.05, 3.63) is 34.3 Å². The highest BCUT2D eigenvalue weighted by molar-refractivity contribution is 9.10. The fraction of sp³-hybridized carbons (Fsp3) is 0.684. The molecule has 0 radical (unpaired) electrons. The van der Waals surface area contributed by atoms with Crippen molar-refractivity contribution < 1.29 is 0 Å². The van der Waals surface area contributed by atoms with Crippen molar-refractivity contribution in [3.63, 3.8) is 0 Å². The van der Waals surface area contributed by atoms with Gasteiger partial charge in [0.1, 0.15) is 0 Å². The summed E-state index contributed by atoms with van der Waals surface area (Å²) in [4.78, 5) is 0. The number of benzene rings is 1. The van der Waals surface area contributed by atoms with Crippen molar-refractivity contribution in [1.29, 1.82) is 0 Å². The van der Waals surface area contributed by atoms with Gasteiger partial charge in [-0.1, -0.05) is 54.8 Å². The lowest BCUT2D eigenvalue weighted by molar-refractivity contribution is 0.194. The quantitative estimate of drug-likeness (QED) is 0.676. The largest absolute Gasteiger partial charge is 0.314 e. The van der Waals surface area contributed by atoms with E-state index in [9.17, 15) is 0 Å². The molecule has 118 valence electrons. The molecule has 2 rings (SSSR count). The van der Waals surface area contributed by atoms with Crippen LogP contribution >= 0.6 is 15.9 Å². The summed E-state index contributed by atoms with van der Waals surface area (Å²) in [6.45, 7) is 5.75. The van der Waals surface area contributed by atoms with E-state index >= 15 is 0 Å². The van der Waals surface area contributed by atoms with Crippen LogP contribution < -0.4 is 5.32 Å². The normalized spacial score (nSPS) is 26.0. The summed E-state index contributed by atoms with van der Waals surface area (Å²) in [5.74, 6) is 1.75. The minimum atomic E-state index is 0.719. The summed E-state index contributed by atoms with van der Waals surface area (Å²) >= 11 is 3.61. The Hall–Kier alpha value is -0.340. The summed E-state index contributed by atoms with van der Waals surface area (Å²) in [6, 6.07) is 9.58. The Morgan fingerprint density at radius 3 is 2.76 bits per heavy atom. The molecule has 1 fully saturated rings. The molecule has 0 saturated heterocycles. The maximum atomic E-state index is 3.81. The molecule has 1 aliphatic rings. The van der Waals surface area contributed by atoms with E-state index in [4.69, 9.17) is 0 Å². The topological polar surface area (TPSA) is 12.0 Å². The van der Waals surface area contributed by atoms with E-state index in [1.54, 1.807) is 0 Å². The zero-order valence-electron chi connectivity index (χ0n) is 13.6. The van der Waals surface area contributed by atoms with Gasteiger partial charge < -0.3 is 5.32 Å². The first-order valence-corrected chi connectivity index (χ1v) is 9.50. The van der Waals surface area contributed by atoms with Gasteiger partial charge in [-0.2, -0.15) is 0 Å². The Kier molecular flexibility index (Phi) is 7.25. The van der Waals surface area contributed by atoms with Gasteiger partial charge in [-0.15, -0.1) is 0 Å². The number of hydrogen-bond donors (Lipinski definition) is 1. The highest BCUT2D eigenvalue weighted by Crippen LogP contribution is 2.34. The first-order chi connectivity index (χ1) is 10.2. The van der Waals surface area contributed by atoms with Crippen molar-refractivity contribution in [2.75, 3.05) is 6.54 Å². The van der Waals surface area contributed by atoms with Crippen LogP contribution in [0.1, 0.15) is 57.9 Å². The molecule has 0 bridgehead atoms. The molecule has 0 spiro atoms. The molecule has 1 aromatic rings. The lowest BCUT2D eigenvalue weighted by Gasteiger charge is -2.37. The molecule has 1 nitrogen and oxygen atoms in total. The summed E-state index contributed by atoms with van der Waals surface area (Å²) in [5, 5.41) is 3.81. The Morgan fingerprint density at radius 1 is 1.19 bits per heavy atom. The zero-order chi connectivity index (χ0) is 15.1.